The second kappa shape index (κ2) is 3.57. The highest BCUT2D eigenvalue weighted by Gasteiger charge is 1.93. The van der Waals surface area contributed by atoms with Gasteiger partial charge in [0.2, 0.25) is 0 Å². The molecule has 0 spiro atoms. The number of halogens is 1. The topological polar surface area (TPSA) is 0 Å². The van der Waals surface area contributed by atoms with E-state index < -0.39 is 0 Å². The van der Waals surface area contributed by atoms with Crippen LogP contribution < -0.4 is 0 Å². The fourth-order valence-corrected chi connectivity index (χ4v) is 1.19. The quantitative estimate of drug-likeness (QED) is 0.638. The third-order valence-electron chi connectivity index (χ3n) is 1.26. The molecule has 0 amide bonds. The predicted octanol–water partition coefficient (Wildman–Crippen LogP) is 2.98. The van der Waals surface area contributed by atoms with E-state index in [4.69, 9.17) is 0 Å². The highest BCUT2D eigenvalue weighted by atomic mass is 79.9. The minimum Gasteiger partial charge on any atom is -0.103 e. The molecule has 10 heavy (non-hydrogen) atoms. The van der Waals surface area contributed by atoms with E-state index in [2.05, 4.69) is 28.6 Å². The zero-order valence-electron chi connectivity index (χ0n) is 5.60. The average Bonchev–Trinajstić information content (AvgIpc) is 1.94. The van der Waals surface area contributed by atoms with Crippen molar-refractivity contribution in [2.75, 3.05) is 0 Å². The maximum Gasteiger partial charge on any atom is 0.0216 e. The summed E-state index contributed by atoms with van der Waals surface area (Å²) in [6.07, 6.45) is 2.80. The second-order valence-electron chi connectivity index (χ2n) is 2.01. The number of hydrogen-bond acceptors (Lipinski definition) is 0. The van der Waals surface area contributed by atoms with Crippen molar-refractivity contribution in [1.82, 2.24) is 0 Å². The highest BCUT2D eigenvalue weighted by molar-refractivity contribution is 9.10. The van der Waals surface area contributed by atoms with E-state index in [0.29, 0.717) is 0 Å². The molecule has 1 aromatic carbocycles. The molecule has 0 bridgehead atoms. The molecule has 0 fully saturated rings. The zero-order chi connectivity index (χ0) is 7.40. The van der Waals surface area contributed by atoms with E-state index >= 15 is 0 Å². The van der Waals surface area contributed by atoms with Gasteiger partial charge in [-0.3, -0.25) is 0 Å². The van der Waals surface area contributed by atoms with Crippen LogP contribution in [-0.2, 0) is 6.42 Å². The van der Waals surface area contributed by atoms with E-state index in [1.54, 1.807) is 0 Å². The molecule has 0 unspecified atom stereocenters. The Morgan fingerprint density at radius 1 is 1.70 bits per heavy atom. The van der Waals surface area contributed by atoms with Crippen LogP contribution in [0.1, 0.15) is 5.56 Å². The van der Waals surface area contributed by atoms with Crippen molar-refractivity contribution >= 4 is 15.9 Å². The molecule has 0 aliphatic carbocycles. The first-order valence-corrected chi connectivity index (χ1v) is 3.89. The van der Waals surface area contributed by atoms with Gasteiger partial charge in [-0.25, -0.2) is 0 Å². The lowest BCUT2D eigenvalue weighted by atomic mass is 10.2. The number of allylic oxidation sites excluding steroid dienone is 1. The minimum atomic E-state index is 0.912. The van der Waals surface area contributed by atoms with Gasteiger partial charge in [-0.2, -0.15) is 0 Å². The Morgan fingerprint density at radius 2 is 2.50 bits per heavy atom. The second-order valence-corrected chi connectivity index (χ2v) is 2.86. The van der Waals surface area contributed by atoms with E-state index in [0.717, 1.165) is 10.9 Å². The SMILES string of the molecule is C=CCc1cc[c]cc1Br. The zero-order valence-corrected chi connectivity index (χ0v) is 7.19. The first kappa shape index (κ1) is 7.55. The highest BCUT2D eigenvalue weighted by Crippen LogP contribution is 2.15. The first-order valence-electron chi connectivity index (χ1n) is 3.10. The van der Waals surface area contributed by atoms with Gasteiger partial charge < -0.3 is 0 Å². The monoisotopic (exact) mass is 195 g/mol. The van der Waals surface area contributed by atoms with Crippen molar-refractivity contribution in [1.29, 1.82) is 0 Å². The molecule has 0 aliphatic rings. The molecule has 0 saturated heterocycles. The van der Waals surface area contributed by atoms with Crippen LogP contribution in [-0.4, -0.2) is 0 Å². The van der Waals surface area contributed by atoms with Crippen LogP contribution in [0, 0.1) is 6.07 Å². The standard InChI is InChI=1S/C9H8Br/c1-2-5-8-6-3-4-7-9(8)10/h2-3,6-7H,1,5H2. The number of rotatable bonds is 2. The summed E-state index contributed by atoms with van der Waals surface area (Å²) < 4.78 is 1.11. The van der Waals surface area contributed by atoms with Crippen LogP contribution in [0.25, 0.3) is 0 Å². The first-order chi connectivity index (χ1) is 4.84. The Kier molecular flexibility index (Phi) is 2.69. The summed E-state index contributed by atoms with van der Waals surface area (Å²) in [6.45, 7) is 3.67. The third kappa shape index (κ3) is 1.71. The normalized spacial score (nSPS) is 9.30. The molecular weight excluding hydrogens is 188 g/mol. The molecule has 0 atom stereocenters. The predicted molar refractivity (Wildman–Crippen MR) is 46.9 cm³/mol. The number of benzene rings is 1. The Bertz CT molecular complexity index is 228. The summed E-state index contributed by atoms with van der Waals surface area (Å²) in [4.78, 5) is 0. The van der Waals surface area contributed by atoms with Gasteiger partial charge in [-0.1, -0.05) is 34.1 Å². The van der Waals surface area contributed by atoms with Crippen LogP contribution in [0.2, 0.25) is 0 Å². The molecule has 0 nitrogen and oxygen atoms in total. The van der Waals surface area contributed by atoms with Gasteiger partial charge in [0, 0.05) is 4.47 Å². The summed E-state index contributed by atoms with van der Waals surface area (Å²) >= 11 is 3.42. The summed E-state index contributed by atoms with van der Waals surface area (Å²) in [5, 5.41) is 0. The van der Waals surface area contributed by atoms with Crippen LogP contribution >= 0.6 is 15.9 Å². The van der Waals surface area contributed by atoms with Gasteiger partial charge in [0.05, 0.1) is 0 Å². The van der Waals surface area contributed by atoms with E-state index in [-0.39, 0.29) is 0 Å². The van der Waals surface area contributed by atoms with Crippen molar-refractivity contribution in [2.45, 2.75) is 6.42 Å². The largest absolute Gasteiger partial charge is 0.103 e. The Balaban J connectivity index is 2.91. The van der Waals surface area contributed by atoms with Crippen LogP contribution in [0.3, 0.4) is 0 Å². The molecule has 0 heterocycles. The van der Waals surface area contributed by atoms with E-state index in [9.17, 15) is 0 Å². The van der Waals surface area contributed by atoms with Gasteiger partial charge in [-0.05, 0) is 24.1 Å². The van der Waals surface area contributed by atoms with Gasteiger partial charge in [0.25, 0.3) is 0 Å². The lowest BCUT2D eigenvalue weighted by molar-refractivity contribution is 1.25. The van der Waals surface area contributed by atoms with E-state index in [1.165, 1.54) is 5.56 Å². The molecule has 1 heteroatoms. The molecule has 1 rings (SSSR count). The molecule has 51 valence electrons. The summed E-state index contributed by atoms with van der Waals surface area (Å²) in [5.41, 5.74) is 1.26. The lowest BCUT2D eigenvalue weighted by Crippen LogP contribution is -1.80. The summed E-state index contributed by atoms with van der Waals surface area (Å²) in [5.74, 6) is 0. The molecule has 1 radical (unpaired) electrons. The summed E-state index contributed by atoms with van der Waals surface area (Å²) in [7, 11) is 0. The molecule has 0 aliphatic heterocycles. The van der Waals surface area contributed by atoms with Crippen LogP contribution in [0.4, 0.5) is 0 Å². The molecular formula is C9H8Br. The van der Waals surface area contributed by atoms with Gasteiger partial charge in [-0.15, -0.1) is 6.58 Å². The van der Waals surface area contributed by atoms with Crippen molar-refractivity contribution < 1.29 is 0 Å². The van der Waals surface area contributed by atoms with Gasteiger partial charge in [0.15, 0.2) is 0 Å². The Hall–Kier alpha value is -0.560. The van der Waals surface area contributed by atoms with E-state index in [1.807, 2.05) is 24.3 Å². The van der Waals surface area contributed by atoms with Crippen molar-refractivity contribution in [3.63, 3.8) is 0 Å². The maximum atomic E-state index is 3.67. The smallest absolute Gasteiger partial charge is 0.0216 e. The summed E-state index contributed by atoms with van der Waals surface area (Å²) in [6, 6.07) is 8.83. The lowest BCUT2D eigenvalue weighted by Gasteiger charge is -1.97. The van der Waals surface area contributed by atoms with Crippen molar-refractivity contribution in [2.24, 2.45) is 0 Å². The molecule has 1 aromatic rings. The minimum absolute atomic E-state index is 0.912. The fourth-order valence-electron chi connectivity index (χ4n) is 0.763. The Morgan fingerprint density at radius 3 is 3.10 bits per heavy atom. The number of hydrogen-bond donors (Lipinski definition) is 0. The molecule has 0 N–H and O–H groups in total. The van der Waals surface area contributed by atoms with Crippen LogP contribution in [0.15, 0.2) is 35.3 Å². The molecule has 0 saturated carbocycles. The third-order valence-corrected chi connectivity index (χ3v) is 2.00. The van der Waals surface area contributed by atoms with Crippen molar-refractivity contribution in [3.05, 3.63) is 47.0 Å². The Labute approximate surface area is 69.7 Å². The fraction of sp³-hybridized carbons (Fsp3) is 0.111. The van der Waals surface area contributed by atoms with Gasteiger partial charge in [0.1, 0.15) is 0 Å². The molecule has 0 aromatic heterocycles. The maximum absolute atomic E-state index is 3.67. The van der Waals surface area contributed by atoms with Gasteiger partial charge >= 0.3 is 0 Å². The van der Waals surface area contributed by atoms with Crippen LogP contribution in [0.5, 0.6) is 0 Å². The van der Waals surface area contributed by atoms with Crippen molar-refractivity contribution in [3.8, 4) is 0 Å². The average molecular weight is 196 g/mol.